The predicted octanol–water partition coefficient (Wildman–Crippen LogP) is 2.84. The summed E-state index contributed by atoms with van der Waals surface area (Å²) in [5, 5.41) is 13.5. The van der Waals surface area contributed by atoms with E-state index in [-0.39, 0.29) is 5.92 Å². The number of carbonyl (C=O) groups is 1. The van der Waals surface area contributed by atoms with Crippen LogP contribution in [0, 0.1) is 5.92 Å². The Morgan fingerprint density at radius 2 is 2.26 bits per heavy atom. The number of halogens is 1. The second kappa shape index (κ2) is 5.28. The molecule has 1 aliphatic rings. The van der Waals surface area contributed by atoms with E-state index >= 15 is 0 Å². The van der Waals surface area contributed by atoms with Gasteiger partial charge < -0.3 is 9.94 Å². The van der Waals surface area contributed by atoms with Crippen molar-refractivity contribution in [2.75, 3.05) is 0 Å². The molecule has 19 heavy (non-hydrogen) atoms. The van der Waals surface area contributed by atoms with E-state index in [0.29, 0.717) is 18.6 Å². The summed E-state index contributed by atoms with van der Waals surface area (Å²) in [6.07, 6.45) is 4.36. The van der Waals surface area contributed by atoms with Crippen LogP contribution in [0.3, 0.4) is 0 Å². The van der Waals surface area contributed by atoms with Crippen LogP contribution in [0.1, 0.15) is 32.3 Å². The highest BCUT2D eigenvalue weighted by Crippen LogP contribution is 2.38. The van der Waals surface area contributed by atoms with Crippen LogP contribution in [-0.2, 0) is 9.63 Å². The van der Waals surface area contributed by atoms with Gasteiger partial charge in [-0.15, -0.1) is 0 Å². The van der Waals surface area contributed by atoms with Gasteiger partial charge in [0, 0.05) is 22.4 Å². The highest BCUT2D eigenvalue weighted by atomic mass is 79.9. The molecule has 102 valence electrons. The second-order valence-corrected chi connectivity index (χ2v) is 5.38. The average molecular weight is 327 g/mol. The maximum absolute atomic E-state index is 11.5. The topological polar surface area (TPSA) is 71.8 Å². The first-order valence-corrected chi connectivity index (χ1v) is 6.94. The summed E-state index contributed by atoms with van der Waals surface area (Å²) in [6.45, 7) is 3.74. The van der Waals surface area contributed by atoms with Gasteiger partial charge in [0.15, 0.2) is 0 Å². The van der Waals surface area contributed by atoms with E-state index < -0.39 is 11.6 Å². The van der Waals surface area contributed by atoms with Crippen LogP contribution < -0.4 is 0 Å². The normalized spacial score (nSPS) is 25.8. The summed E-state index contributed by atoms with van der Waals surface area (Å²) < 4.78 is 0.826. The molecule has 2 rings (SSSR count). The minimum atomic E-state index is -1.26. The maximum atomic E-state index is 11.5. The van der Waals surface area contributed by atoms with Crippen LogP contribution in [0.2, 0.25) is 0 Å². The number of rotatable bonds is 4. The number of hydrogen-bond donors (Lipinski definition) is 1. The average Bonchev–Trinajstić information content (AvgIpc) is 2.78. The molecular weight excluding hydrogens is 312 g/mol. The van der Waals surface area contributed by atoms with Gasteiger partial charge in [-0.25, -0.2) is 4.79 Å². The lowest BCUT2D eigenvalue weighted by atomic mass is 9.79. The molecule has 0 amide bonds. The lowest BCUT2D eigenvalue weighted by Gasteiger charge is -2.27. The van der Waals surface area contributed by atoms with Gasteiger partial charge in [0.2, 0.25) is 5.60 Å². The quantitative estimate of drug-likeness (QED) is 0.923. The van der Waals surface area contributed by atoms with E-state index in [0.717, 1.165) is 10.0 Å². The fraction of sp³-hybridized carbons (Fsp3) is 0.462. The minimum absolute atomic E-state index is 0.272. The van der Waals surface area contributed by atoms with Crippen molar-refractivity contribution < 1.29 is 14.7 Å². The number of aromatic nitrogens is 1. The molecule has 0 radical (unpaired) electrons. The van der Waals surface area contributed by atoms with Crippen molar-refractivity contribution >= 4 is 27.6 Å². The molecule has 5 nitrogen and oxygen atoms in total. The fourth-order valence-corrected chi connectivity index (χ4v) is 2.82. The van der Waals surface area contributed by atoms with Crippen LogP contribution in [0.5, 0.6) is 0 Å². The number of carboxylic acids is 1. The number of nitrogens with zero attached hydrogens (tertiary/aromatic N) is 2. The molecule has 0 saturated carbocycles. The van der Waals surface area contributed by atoms with Gasteiger partial charge in [-0.3, -0.25) is 4.98 Å². The maximum Gasteiger partial charge on any atom is 0.351 e. The molecular formula is C13H15BrN2O3. The zero-order valence-corrected chi connectivity index (χ0v) is 12.3. The molecule has 0 spiro atoms. The van der Waals surface area contributed by atoms with Crippen molar-refractivity contribution in [1.29, 1.82) is 0 Å². The molecule has 0 saturated heterocycles. The van der Waals surface area contributed by atoms with Crippen LogP contribution in [-0.4, -0.2) is 27.4 Å². The Hall–Kier alpha value is -1.43. The largest absolute Gasteiger partial charge is 0.478 e. The van der Waals surface area contributed by atoms with Gasteiger partial charge >= 0.3 is 5.97 Å². The molecule has 1 N–H and O–H groups in total. The molecule has 0 bridgehead atoms. The Labute approximate surface area is 119 Å². The highest BCUT2D eigenvalue weighted by Gasteiger charge is 2.53. The molecule has 2 unspecified atom stereocenters. The molecule has 1 aromatic rings. The summed E-state index contributed by atoms with van der Waals surface area (Å²) in [6, 6.07) is 1.87. The Morgan fingerprint density at radius 1 is 1.53 bits per heavy atom. The van der Waals surface area contributed by atoms with Gasteiger partial charge in [-0.05, 0) is 34.8 Å². The van der Waals surface area contributed by atoms with Gasteiger partial charge in [-0.1, -0.05) is 19.0 Å². The minimum Gasteiger partial charge on any atom is -0.478 e. The van der Waals surface area contributed by atoms with E-state index in [2.05, 4.69) is 26.1 Å². The SMILES string of the molecule is CCC1C(c2cncc(Br)c2)=NOC1(CC)C(=O)O. The summed E-state index contributed by atoms with van der Waals surface area (Å²) >= 11 is 3.35. The summed E-state index contributed by atoms with van der Waals surface area (Å²) in [4.78, 5) is 20.9. The van der Waals surface area contributed by atoms with Crippen LogP contribution in [0.4, 0.5) is 0 Å². The Balaban J connectivity index is 2.42. The summed E-state index contributed by atoms with van der Waals surface area (Å²) in [7, 11) is 0. The summed E-state index contributed by atoms with van der Waals surface area (Å²) in [5.41, 5.74) is 0.185. The third kappa shape index (κ3) is 2.25. The van der Waals surface area contributed by atoms with Crippen LogP contribution >= 0.6 is 15.9 Å². The molecule has 0 aromatic carbocycles. The van der Waals surface area contributed by atoms with Gasteiger partial charge in [0.05, 0.1) is 11.6 Å². The van der Waals surface area contributed by atoms with Crippen molar-refractivity contribution in [3.05, 3.63) is 28.5 Å². The zero-order valence-electron chi connectivity index (χ0n) is 10.8. The number of oxime groups is 1. The van der Waals surface area contributed by atoms with Crippen molar-refractivity contribution in [3.8, 4) is 0 Å². The van der Waals surface area contributed by atoms with Crippen molar-refractivity contribution in [1.82, 2.24) is 4.98 Å². The smallest absolute Gasteiger partial charge is 0.351 e. The Bertz CT molecular complexity index is 532. The van der Waals surface area contributed by atoms with E-state index in [4.69, 9.17) is 4.84 Å². The molecule has 6 heteroatoms. The number of hydrogen-bond acceptors (Lipinski definition) is 4. The third-order valence-electron chi connectivity index (χ3n) is 3.50. The predicted molar refractivity (Wildman–Crippen MR) is 74.0 cm³/mol. The standard InChI is InChI=1S/C13H15BrN2O3/c1-3-10-11(8-5-9(14)7-15-6-8)16-19-13(10,4-2)12(17)18/h5-7,10H,3-4H2,1-2H3,(H,17,18). The van der Waals surface area contributed by atoms with Crippen molar-refractivity contribution in [3.63, 3.8) is 0 Å². The van der Waals surface area contributed by atoms with Crippen LogP contribution in [0.15, 0.2) is 28.1 Å². The molecule has 0 aliphatic carbocycles. The van der Waals surface area contributed by atoms with E-state index in [1.807, 2.05) is 13.0 Å². The third-order valence-corrected chi connectivity index (χ3v) is 3.93. The lowest BCUT2D eigenvalue weighted by Crippen LogP contribution is -2.46. The van der Waals surface area contributed by atoms with E-state index in [1.54, 1.807) is 19.3 Å². The molecule has 1 aliphatic heterocycles. The molecule has 2 heterocycles. The monoisotopic (exact) mass is 326 g/mol. The molecule has 0 fully saturated rings. The van der Waals surface area contributed by atoms with Crippen molar-refractivity contribution in [2.24, 2.45) is 11.1 Å². The molecule has 1 aromatic heterocycles. The van der Waals surface area contributed by atoms with E-state index in [1.165, 1.54) is 0 Å². The van der Waals surface area contributed by atoms with Crippen molar-refractivity contribution in [2.45, 2.75) is 32.3 Å². The lowest BCUT2D eigenvalue weighted by molar-refractivity contribution is -0.167. The molecule has 2 atom stereocenters. The Morgan fingerprint density at radius 3 is 2.79 bits per heavy atom. The van der Waals surface area contributed by atoms with Gasteiger partial charge in [0.1, 0.15) is 0 Å². The zero-order chi connectivity index (χ0) is 14.0. The number of pyridine rings is 1. The van der Waals surface area contributed by atoms with E-state index in [9.17, 15) is 9.90 Å². The number of aliphatic carboxylic acids is 1. The highest BCUT2D eigenvalue weighted by molar-refractivity contribution is 9.10. The second-order valence-electron chi connectivity index (χ2n) is 4.47. The Kier molecular flexibility index (Phi) is 3.89. The fourth-order valence-electron chi connectivity index (χ4n) is 2.46. The first-order valence-electron chi connectivity index (χ1n) is 6.15. The number of carboxylic acid groups (broad SMARTS) is 1. The first kappa shape index (κ1) is 14.0. The van der Waals surface area contributed by atoms with Gasteiger partial charge in [0.25, 0.3) is 0 Å². The van der Waals surface area contributed by atoms with Crippen LogP contribution in [0.25, 0.3) is 0 Å². The van der Waals surface area contributed by atoms with Gasteiger partial charge in [-0.2, -0.15) is 0 Å². The summed E-state index contributed by atoms with van der Waals surface area (Å²) in [5.74, 6) is -1.24. The first-order chi connectivity index (χ1) is 9.05.